The first kappa shape index (κ1) is 13.7. The molecule has 2 unspecified atom stereocenters. The highest BCUT2D eigenvalue weighted by atomic mass is 32.2. The molecule has 0 amide bonds. The third-order valence-corrected chi connectivity index (χ3v) is 6.09. The van der Waals surface area contributed by atoms with Crippen molar-refractivity contribution in [2.75, 3.05) is 11.5 Å². The van der Waals surface area contributed by atoms with Gasteiger partial charge in [0.25, 0.3) is 0 Å². The van der Waals surface area contributed by atoms with Crippen LogP contribution >= 0.6 is 11.8 Å². The molecule has 0 aromatic rings. The molecular formula is C15H29NS. The van der Waals surface area contributed by atoms with Crippen molar-refractivity contribution < 1.29 is 0 Å². The Morgan fingerprint density at radius 3 is 2.29 bits per heavy atom. The molecule has 1 saturated carbocycles. The Balaban J connectivity index is 1.99. The first-order valence-corrected chi connectivity index (χ1v) is 8.41. The van der Waals surface area contributed by atoms with E-state index in [1.54, 1.807) is 0 Å². The van der Waals surface area contributed by atoms with E-state index in [9.17, 15) is 0 Å². The molecule has 17 heavy (non-hydrogen) atoms. The second-order valence-electron chi connectivity index (χ2n) is 7.32. The van der Waals surface area contributed by atoms with Crippen molar-refractivity contribution in [3.63, 3.8) is 0 Å². The van der Waals surface area contributed by atoms with E-state index in [2.05, 4.69) is 44.8 Å². The van der Waals surface area contributed by atoms with E-state index in [1.165, 1.54) is 43.6 Å². The van der Waals surface area contributed by atoms with Crippen molar-refractivity contribution in [3.8, 4) is 0 Å². The Morgan fingerprint density at radius 1 is 0.941 bits per heavy atom. The van der Waals surface area contributed by atoms with Crippen LogP contribution in [0.4, 0.5) is 0 Å². The summed E-state index contributed by atoms with van der Waals surface area (Å²) < 4.78 is 0. The van der Waals surface area contributed by atoms with Crippen LogP contribution in [0.25, 0.3) is 0 Å². The SMILES string of the molecule is CC1(C)CCCCC1NC1CSCCC1(C)C. The van der Waals surface area contributed by atoms with Gasteiger partial charge in [0.05, 0.1) is 0 Å². The molecule has 0 spiro atoms. The maximum absolute atomic E-state index is 4.02. The molecule has 2 fully saturated rings. The Labute approximate surface area is 112 Å². The van der Waals surface area contributed by atoms with Crippen LogP contribution in [-0.2, 0) is 0 Å². The first-order chi connectivity index (χ1) is 7.92. The number of nitrogens with one attached hydrogen (secondary N) is 1. The maximum Gasteiger partial charge on any atom is 0.0212 e. The van der Waals surface area contributed by atoms with Gasteiger partial charge in [-0.2, -0.15) is 11.8 Å². The molecule has 1 nitrogen and oxygen atoms in total. The standard InChI is InChI=1S/C15H29NS/c1-14(2)8-6-5-7-12(14)16-13-11-17-10-9-15(13,3)4/h12-13,16H,5-11H2,1-4H3. The molecule has 2 atom stereocenters. The second kappa shape index (κ2) is 5.13. The number of hydrogen-bond donors (Lipinski definition) is 1. The van der Waals surface area contributed by atoms with E-state index in [1.807, 2.05) is 0 Å². The topological polar surface area (TPSA) is 12.0 Å². The van der Waals surface area contributed by atoms with Crippen LogP contribution in [0, 0.1) is 10.8 Å². The lowest BCUT2D eigenvalue weighted by molar-refractivity contribution is 0.125. The summed E-state index contributed by atoms with van der Waals surface area (Å²) in [4.78, 5) is 0. The smallest absolute Gasteiger partial charge is 0.0212 e. The van der Waals surface area contributed by atoms with E-state index < -0.39 is 0 Å². The molecule has 2 heteroatoms. The van der Waals surface area contributed by atoms with Crippen molar-refractivity contribution in [2.45, 2.75) is 71.9 Å². The summed E-state index contributed by atoms with van der Waals surface area (Å²) in [5.74, 6) is 2.65. The average molecular weight is 255 g/mol. The monoisotopic (exact) mass is 255 g/mol. The molecule has 0 radical (unpaired) electrons. The summed E-state index contributed by atoms with van der Waals surface area (Å²) in [6, 6.07) is 1.45. The minimum absolute atomic E-state index is 0.485. The summed E-state index contributed by atoms with van der Waals surface area (Å²) in [6.07, 6.45) is 6.98. The Morgan fingerprint density at radius 2 is 1.65 bits per heavy atom. The van der Waals surface area contributed by atoms with Crippen LogP contribution in [0.2, 0.25) is 0 Å². The van der Waals surface area contributed by atoms with Gasteiger partial charge in [-0.1, -0.05) is 40.5 Å². The summed E-state index contributed by atoms with van der Waals surface area (Å²) >= 11 is 2.13. The van der Waals surface area contributed by atoms with Gasteiger partial charge >= 0.3 is 0 Å². The van der Waals surface area contributed by atoms with Gasteiger partial charge in [0, 0.05) is 17.8 Å². The average Bonchev–Trinajstić information content (AvgIpc) is 2.23. The molecule has 1 aliphatic carbocycles. The molecule has 1 heterocycles. The molecule has 100 valence electrons. The van der Waals surface area contributed by atoms with E-state index in [0.717, 1.165) is 6.04 Å². The summed E-state index contributed by atoms with van der Waals surface area (Å²) in [5.41, 5.74) is 0.981. The largest absolute Gasteiger partial charge is 0.309 e. The van der Waals surface area contributed by atoms with Crippen molar-refractivity contribution >= 4 is 11.8 Å². The third kappa shape index (κ3) is 3.20. The molecule has 2 aliphatic rings. The van der Waals surface area contributed by atoms with Gasteiger partial charge in [0.1, 0.15) is 0 Å². The third-order valence-electron chi connectivity index (χ3n) is 5.03. The normalized spacial score (nSPS) is 36.7. The van der Waals surface area contributed by atoms with Gasteiger partial charge in [-0.05, 0) is 35.8 Å². The van der Waals surface area contributed by atoms with Crippen LogP contribution in [-0.4, -0.2) is 23.6 Å². The zero-order chi connectivity index (χ0) is 12.5. The number of hydrogen-bond acceptors (Lipinski definition) is 2. The Kier molecular flexibility index (Phi) is 4.14. The molecule has 2 rings (SSSR count). The molecule has 1 saturated heterocycles. The van der Waals surface area contributed by atoms with Crippen LogP contribution in [0.1, 0.15) is 59.8 Å². The lowest BCUT2D eigenvalue weighted by atomic mass is 9.72. The van der Waals surface area contributed by atoms with E-state index >= 15 is 0 Å². The van der Waals surface area contributed by atoms with Crippen LogP contribution < -0.4 is 5.32 Å². The van der Waals surface area contributed by atoms with Crippen molar-refractivity contribution in [2.24, 2.45) is 10.8 Å². The summed E-state index contributed by atoms with van der Waals surface area (Å²) in [5, 5.41) is 4.02. The van der Waals surface area contributed by atoms with Crippen molar-refractivity contribution in [3.05, 3.63) is 0 Å². The fourth-order valence-corrected chi connectivity index (χ4v) is 4.88. The molecular weight excluding hydrogens is 226 g/mol. The summed E-state index contributed by atoms with van der Waals surface area (Å²) in [7, 11) is 0. The molecule has 0 aromatic carbocycles. The minimum Gasteiger partial charge on any atom is -0.309 e. The van der Waals surface area contributed by atoms with Crippen LogP contribution in [0.3, 0.4) is 0 Å². The lowest BCUT2D eigenvalue weighted by Crippen LogP contribution is -2.55. The van der Waals surface area contributed by atoms with E-state index in [-0.39, 0.29) is 0 Å². The summed E-state index contributed by atoms with van der Waals surface area (Å²) in [6.45, 7) is 9.79. The lowest BCUT2D eigenvalue weighted by Gasteiger charge is -2.46. The highest BCUT2D eigenvalue weighted by Crippen LogP contribution is 2.39. The Hall–Kier alpha value is 0.310. The van der Waals surface area contributed by atoms with Gasteiger partial charge < -0.3 is 5.32 Å². The molecule has 0 bridgehead atoms. The highest BCUT2D eigenvalue weighted by Gasteiger charge is 2.38. The van der Waals surface area contributed by atoms with Gasteiger partial charge in [-0.15, -0.1) is 0 Å². The van der Waals surface area contributed by atoms with Gasteiger partial charge in [0.15, 0.2) is 0 Å². The van der Waals surface area contributed by atoms with Gasteiger partial charge in [-0.3, -0.25) is 0 Å². The highest BCUT2D eigenvalue weighted by molar-refractivity contribution is 7.99. The van der Waals surface area contributed by atoms with E-state index in [0.29, 0.717) is 16.9 Å². The second-order valence-corrected chi connectivity index (χ2v) is 8.47. The van der Waals surface area contributed by atoms with Crippen molar-refractivity contribution in [1.29, 1.82) is 0 Å². The predicted molar refractivity (Wildman–Crippen MR) is 78.7 cm³/mol. The Bertz CT molecular complexity index is 234. The van der Waals surface area contributed by atoms with Crippen LogP contribution in [0.15, 0.2) is 0 Å². The van der Waals surface area contributed by atoms with E-state index in [4.69, 9.17) is 0 Å². The predicted octanol–water partition coefficient (Wildman–Crippen LogP) is 4.08. The minimum atomic E-state index is 0.485. The number of rotatable bonds is 2. The quantitative estimate of drug-likeness (QED) is 0.798. The zero-order valence-corrected chi connectivity index (χ0v) is 12.8. The van der Waals surface area contributed by atoms with Gasteiger partial charge in [0.2, 0.25) is 0 Å². The zero-order valence-electron chi connectivity index (χ0n) is 12.0. The van der Waals surface area contributed by atoms with Crippen LogP contribution in [0.5, 0.6) is 0 Å². The number of thioether (sulfide) groups is 1. The van der Waals surface area contributed by atoms with Gasteiger partial charge in [-0.25, -0.2) is 0 Å². The van der Waals surface area contributed by atoms with Crippen molar-refractivity contribution in [1.82, 2.24) is 5.32 Å². The molecule has 1 aliphatic heterocycles. The fourth-order valence-electron chi connectivity index (χ4n) is 3.26. The first-order valence-electron chi connectivity index (χ1n) is 7.26. The fraction of sp³-hybridized carbons (Fsp3) is 1.00. The maximum atomic E-state index is 4.02. The molecule has 1 N–H and O–H groups in total. The molecule has 0 aromatic heterocycles.